The van der Waals surface area contributed by atoms with Crippen LogP contribution < -0.4 is 5.73 Å². The maximum absolute atomic E-state index is 5.19. The lowest BCUT2D eigenvalue weighted by Gasteiger charge is -2.01. The van der Waals surface area contributed by atoms with Crippen LogP contribution in [0.4, 0.5) is 0 Å². The summed E-state index contributed by atoms with van der Waals surface area (Å²) in [6.07, 6.45) is 1.71. The van der Waals surface area contributed by atoms with Crippen molar-refractivity contribution in [3.63, 3.8) is 0 Å². The standard InChI is InChI=1S/C7H15NO2/c1-2-4-9-6-7-10-5-3-8/h2H,1,3-8H2. The Morgan fingerprint density at radius 2 is 1.90 bits per heavy atom. The van der Waals surface area contributed by atoms with E-state index in [1.165, 1.54) is 0 Å². The molecule has 0 heterocycles. The minimum Gasteiger partial charge on any atom is -0.378 e. The van der Waals surface area contributed by atoms with Gasteiger partial charge in [0.25, 0.3) is 0 Å². The summed E-state index contributed by atoms with van der Waals surface area (Å²) in [4.78, 5) is 0. The lowest BCUT2D eigenvalue weighted by molar-refractivity contribution is 0.0619. The maximum Gasteiger partial charge on any atom is 0.0704 e. The third-order valence-corrected chi connectivity index (χ3v) is 0.870. The highest BCUT2D eigenvalue weighted by atomic mass is 16.5. The summed E-state index contributed by atoms with van der Waals surface area (Å²) in [5.41, 5.74) is 5.19. The molecule has 0 atom stereocenters. The van der Waals surface area contributed by atoms with E-state index in [-0.39, 0.29) is 0 Å². The molecule has 0 bridgehead atoms. The van der Waals surface area contributed by atoms with Gasteiger partial charge < -0.3 is 15.2 Å². The molecule has 0 spiro atoms. The van der Waals surface area contributed by atoms with Gasteiger partial charge in [0, 0.05) is 6.54 Å². The Labute approximate surface area is 61.8 Å². The van der Waals surface area contributed by atoms with Crippen molar-refractivity contribution in [1.29, 1.82) is 0 Å². The molecule has 0 aromatic carbocycles. The van der Waals surface area contributed by atoms with E-state index in [1.54, 1.807) is 6.08 Å². The molecule has 3 nitrogen and oxygen atoms in total. The predicted octanol–water partition coefficient (Wildman–Crippen LogP) is 0.164. The molecule has 0 rings (SSSR count). The van der Waals surface area contributed by atoms with Gasteiger partial charge in [-0.05, 0) is 0 Å². The maximum atomic E-state index is 5.19. The molecule has 0 aliphatic heterocycles. The second kappa shape index (κ2) is 8.62. The molecule has 0 saturated carbocycles. The van der Waals surface area contributed by atoms with Crippen LogP contribution in [-0.2, 0) is 9.47 Å². The van der Waals surface area contributed by atoms with Crippen LogP contribution in [0.15, 0.2) is 12.7 Å². The molecule has 0 saturated heterocycles. The van der Waals surface area contributed by atoms with Gasteiger partial charge in [0.1, 0.15) is 0 Å². The topological polar surface area (TPSA) is 44.5 Å². The zero-order valence-corrected chi connectivity index (χ0v) is 6.21. The highest BCUT2D eigenvalue weighted by molar-refractivity contribution is 4.63. The summed E-state index contributed by atoms with van der Waals surface area (Å²) in [6.45, 7) is 6.51. The molecular formula is C7H15NO2. The van der Waals surface area contributed by atoms with Gasteiger partial charge in [0.05, 0.1) is 26.4 Å². The van der Waals surface area contributed by atoms with Crippen molar-refractivity contribution in [2.75, 3.05) is 33.0 Å². The highest BCUT2D eigenvalue weighted by Crippen LogP contribution is 1.77. The summed E-state index contributed by atoms with van der Waals surface area (Å²) in [7, 11) is 0. The van der Waals surface area contributed by atoms with Gasteiger partial charge in [-0.25, -0.2) is 0 Å². The number of ether oxygens (including phenoxy) is 2. The van der Waals surface area contributed by atoms with E-state index in [4.69, 9.17) is 15.2 Å². The molecule has 0 aromatic rings. The van der Waals surface area contributed by atoms with Crippen molar-refractivity contribution >= 4 is 0 Å². The Kier molecular flexibility index (Phi) is 8.29. The van der Waals surface area contributed by atoms with Crippen molar-refractivity contribution in [2.24, 2.45) is 5.73 Å². The zero-order chi connectivity index (χ0) is 7.66. The molecule has 0 unspecified atom stereocenters. The van der Waals surface area contributed by atoms with Gasteiger partial charge in [-0.2, -0.15) is 0 Å². The van der Waals surface area contributed by atoms with Crippen molar-refractivity contribution in [3.8, 4) is 0 Å². The first-order valence-corrected chi connectivity index (χ1v) is 3.38. The minimum absolute atomic E-state index is 0.571. The Morgan fingerprint density at radius 1 is 1.20 bits per heavy atom. The van der Waals surface area contributed by atoms with E-state index in [0.29, 0.717) is 33.0 Å². The fraction of sp³-hybridized carbons (Fsp3) is 0.714. The van der Waals surface area contributed by atoms with Gasteiger partial charge >= 0.3 is 0 Å². The number of hydrogen-bond donors (Lipinski definition) is 1. The summed E-state index contributed by atoms with van der Waals surface area (Å²) < 4.78 is 10.1. The normalized spacial score (nSPS) is 9.70. The third kappa shape index (κ3) is 7.62. The van der Waals surface area contributed by atoms with E-state index in [0.717, 1.165) is 0 Å². The molecule has 3 heteroatoms. The molecule has 0 radical (unpaired) electrons. The first kappa shape index (κ1) is 9.62. The number of nitrogens with two attached hydrogens (primary N) is 1. The molecule has 0 aliphatic rings. The van der Waals surface area contributed by atoms with Crippen LogP contribution in [0.1, 0.15) is 0 Å². The minimum atomic E-state index is 0.571. The Bertz CT molecular complexity index is 76.0. The molecule has 0 fully saturated rings. The largest absolute Gasteiger partial charge is 0.378 e. The molecule has 60 valence electrons. The lowest BCUT2D eigenvalue weighted by Crippen LogP contribution is -2.11. The van der Waals surface area contributed by atoms with Crippen LogP contribution in [0, 0.1) is 0 Å². The van der Waals surface area contributed by atoms with Crippen molar-refractivity contribution in [1.82, 2.24) is 0 Å². The number of rotatable bonds is 7. The van der Waals surface area contributed by atoms with E-state index in [9.17, 15) is 0 Å². The van der Waals surface area contributed by atoms with Gasteiger partial charge in [-0.1, -0.05) is 6.08 Å². The van der Waals surface area contributed by atoms with Crippen LogP contribution >= 0.6 is 0 Å². The SMILES string of the molecule is C=CCOCCOCCN. The smallest absolute Gasteiger partial charge is 0.0704 e. The summed E-state index contributed by atoms with van der Waals surface area (Å²) in [6, 6.07) is 0. The van der Waals surface area contributed by atoms with Crippen LogP contribution in [0.5, 0.6) is 0 Å². The quantitative estimate of drug-likeness (QED) is 0.410. The molecule has 10 heavy (non-hydrogen) atoms. The van der Waals surface area contributed by atoms with Crippen LogP contribution in [0.3, 0.4) is 0 Å². The Hall–Kier alpha value is -0.380. The van der Waals surface area contributed by atoms with Crippen molar-refractivity contribution in [3.05, 3.63) is 12.7 Å². The fourth-order valence-corrected chi connectivity index (χ4v) is 0.470. The van der Waals surface area contributed by atoms with E-state index in [2.05, 4.69) is 6.58 Å². The average molecular weight is 145 g/mol. The predicted molar refractivity (Wildman–Crippen MR) is 40.9 cm³/mol. The zero-order valence-electron chi connectivity index (χ0n) is 6.21. The van der Waals surface area contributed by atoms with Crippen molar-refractivity contribution < 1.29 is 9.47 Å². The Morgan fingerprint density at radius 3 is 2.50 bits per heavy atom. The summed E-state index contributed by atoms with van der Waals surface area (Å²) in [5.74, 6) is 0. The first-order valence-electron chi connectivity index (χ1n) is 3.38. The second-order valence-corrected chi connectivity index (χ2v) is 1.76. The fourth-order valence-electron chi connectivity index (χ4n) is 0.470. The molecule has 0 aromatic heterocycles. The van der Waals surface area contributed by atoms with Crippen LogP contribution in [0.25, 0.3) is 0 Å². The monoisotopic (exact) mass is 145 g/mol. The van der Waals surface area contributed by atoms with E-state index < -0.39 is 0 Å². The van der Waals surface area contributed by atoms with Crippen molar-refractivity contribution in [2.45, 2.75) is 0 Å². The molecule has 0 amide bonds. The summed E-state index contributed by atoms with van der Waals surface area (Å²) in [5, 5.41) is 0. The van der Waals surface area contributed by atoms with Crippen LogP contribution in [-0.4, -0.2) is 33.0 Å². The summed E-state index contributed by atoms with van der Waals surface area (Å²) >= 11 is 0. The molecular weight excluding hydrogens is 130 g/mol. The van der Waals surface area contributed by atoms with Gasteiger partial charge in [-0.15, -0.1) is 6.58 Å². The number of hydrogen-bond acceptors (Lipinski definition) is 3. The Balaban J connectivity index is 2.70. The average Bonchev–Trinajstić information content (AvgIpc) is 1.97. The van der Waals surface area contributed by atoms with Gasteiger partial charge in [0.2, 0.25) is 0 Å². The molecule has 2 N–H and O–H groups in total. The third-order valence-electron chi connectivity index (χ3n) is 0.870. The first-order chi connectivity index (χ1) is 4.91. The van der Waals surface area contributed by atoms with E-state index >= 15 is 0 Å². The highest BCUT2D eigenvalue weighted by Gasteiger charge is 1.84. The van der Waals surface area contributed by atoms with E-state index in [1.807, 2.05) is 0 Å². The van der Waals surface area contributed by atoms with Gasteiger partial charge in [-0.3, -0.25) is 0 Å². The van der Waals surface area contributed by atoms with Crippen LogP contribution in [0.2, 0.25) is 0 Å². The lowest BCUT2D eigenvalue weighted by atomic mass is 10.6. The van der Waals surface area contributed by atoms with Gasteiger partial charge in [0.15, 0.2) is 0 Å². The second-order valence-electron chi connectivity index (χ2n) is 1.76. The molecule has 0 aliphatic carbocycles.